The maximum absolute atomic E-state index is 12.4. The first-order valence-corrected chi connectivity index (χ1v) is 6.82. The molecule has 2 rings (SSSR count). The Bertz CT molecular complexity index is 503. The minimum atomic E-state index is -4.44. The van der Waals surface area contributed by atoms with E-state index in [9.17, 15) is 18.0 Å². The fraction of sp³-hybridized carbons (Fsp3) is 0.571. The summed E-state index contributed by atoms with van der Waals surface area (Å²) in [5.74, 6) is -0.441. The molecule has 23 heavy (non-hydrogen) atoms. The Morgan fingerprint density at radius 2 is 1.91 bits per heavy atom. The lowest BCUT2D eigenvalue weighted by atomic mass is 9.81. The van der Waals surface area contributed by atoms with Crippen molar-refractivity contribution in [2.45, 2.75) is 25.9 Å². The number of hydrogen-bond donors (Lipinski definition) is 2. The third kappa shape index (κ3) is 6.16. The van der Waals surface area contributed by atoms with Gasteiger partial charge in [0.15, 0.2) is 0 Å². The van der Waals surface area contributed by atoms with Gasteiger partial charge in [0, 0.05) is 12.7 Å². The van der Waals surface area contributed by atoms with Crippen molar-refractivity contribution in [3.8, 4) is 0 Å². The van der Waals surface area contributed by atoms with Crippen molar-refractivity contribution in [2.75, 3.05) is 19.6 Å². The van der Waals surface area contributed by atoms with Crippen LogP contribution >= 0.6 is 24.8 Å². The molecule has 0 unspecified atom stereocenters. The van der Waals surface area contributed by atoms with Gasteiger partial charge in [-0.3, -0.25) is 9.78 Å². The first-order valence-electron chi connectivity index (χ1n) is 6.82. The van der Waals surface area contributed by atoms with Crippen molar-refractivity contribution >= 4 is 30.7 Å². The quantitative estimate of drug-likeness (QED) is 0.855. The SMILES string of the molecule is CC1(CNC(=O)c2ccc(C(F)(F)F)cn2)CCNCC1.Cl.Cl. The van der Waals surface area contributed by atoms with Crippen molar-refractivity contribution in [1.29, 1.82) is 0 Å². The van der Waals surface area contributed by atoms with E-state index in [1.165, 1.54) is 0 Å². The molecule has 1 aromatic rings. The van der Waals surface area contributed by atoms with Gasteiger partial charge >= 0.3 is 6.18 Å². The number of alkyl halides is 3. The molecule has 1 fully saturated rings. The van der Waals surface area contributed by atoms with E-state index in [2.05, 4.69) is 22.5 Å². The molecule has 1 aliphatic heterocycles. The molecule has 0 radical (unpaired) electrons. The summed E-state index contributed by atoms with van der Waals surface area (Å²) in [5, 5.41) is 6.00. The summed E-state index contributed by atoms with van der Waals surface area (Å²) >= 11 is 0. The summed E-state index contributed by atoms with van der Waals surface area (Å²) in [4.78, 5) is 15.5. The highest BCUT2D eigenvalue weighted by Crippen LogP contribution is 2.28. The van der Waals surface area contributed by atoms with Crippen LogP contribution in [0.25, 0.3) is 0 Å². The number of nitrogens with zero attached hydrogens (tertiary/aromatic N) is 1. The number of rotatable bonds is 3. The van der Waals surface area contributed by atoms with Crippen molar-refractivity contribution in [2.24, 2.45) is 5.41 Å². The average molecular weight is 374 g/mol. The number of pyridine rings is 1. The van der Waals surface area contributed by atoms with Crippen LogP contribution in [-0.2, 0) is 6.18 Å². The Morgan fingerprint density at radius 3 is 2.39 bits per heavy atom. The molecule has 0 saturated carbocycles. The zero-order valence-corrected chi connectivity index (χ0v) is 14.2. The molecule has 2 N–H and O–H groups in total. The Kier molecular flexibility index (Phi) is 8.31. The van der Waals surface area contributed by atoms with Crippen LogP contribution in [-0.4, -0.2) is 30.5 Å². The lowest BCUT2D eigenvalue weighted by molar-refractivity contribution is -0.137. The molecule has 0 spiro atoms. The third-order valence-electron chi connectivity index (χ3n) is 3.81. The minimum absolute atomic E-state index is 0. The second kappa shape index (κ2) is 8.70. The molecule has 4 nitrogen and oxygen atoms in total. The summed E-state index contributed by atoms with van der Waals surface area (Å²) in [6.45, 7) is 4.40. The van der Waals surface area contributed by atoms with Crippen molar-refractivity contribution < 1.29 is 18.0 Å². The lowest BCUT2D eigenvalue weighted by Gasteiger charge is -2.34. The predicted molar refractivity (Wildman–Crippen MR) is 86.3 cm³/mol. The number of hydrogen-bond acceptors (Lipinski definition) is 3. The second-order valence-corrected chi connectivity index (χ2v) is 5.67. The van der Waals surface area contributed by atoms with E-state index in [4.69, 9.17) is 0 Å². The molecule has 1 aliphatic rings. The molecule has 0 atom stereocenters. The normalized spacial score (nSPS) is 16.7. The summed E-state index contributed by atoms with van der Waals surface area (Å²) in [6.07, 6.45) is -1.85. The molecular formula is C14H20Cl2F3N3O. The Morgan fingerprint density at radius 1 is 1.30 bits per heavy atom. The van der Waals surface area contributed by atoms with Crippen LogP contribution in [0.2, 0.25) is 0 Å². The van der Waals surface area contributed by atoms with Gasteiger partial charge in [0.25, 0.3) is 5.91 Å². The fourth-order valence-corrected chi connectivity index (χ4v) is 2.29. The van der Waals surface area contributed by atoms with Crippen LogP contribution in [0.1, 0.15) is 35.8 Å². The minimum Gasteiger partial charge on any atom is -0.350 e. The molecule has 0 bridgehead atoms. The average Bonchev–Trinajstić information content (AvgIpc) is 2.45. The summed E-state index contributed by atoms with van der Waals surface area (Å²) in [6, 6.07) is 1.97. The maximum atomic E-state index is 12.4. The van der Waals surface area contributed by atoms with Crippen LogP contribution in [0.5, 0.6) is 0 Å². The number of amides is 1. The molecule has 1 amide bonds. The first kappa shape index (κ1) is 21.9. The zero-order valence-electron chi connectivity index (χ0n) is 12.6. The number of aromatic nitrogens is 1. The van der Waals surface area contributed by atoms with Crippen molar-refractivity contribution in [1.82, 2.24) is 15.6 Å². The molecule has 2 heterocycles. The summed E-state index contributed by atoms with van der Waals surface area (Å²) in [5.41, 5.74) is -0.836. The van der Waals surface area contributed by atoms with Gasteiger partial charge in [-0.25, -0.2) is 0 Å². The number of carbonyl (C=O) groups is 1. The van der Waals surface area contributed by atoms with Crippen molar-refractivity contribution in [3.05, 3.63) is 29.6 Å². The van der Waals surface area contributed by atoms with E-state index in [-0.39, 0.29) is 35.9 Å². The van der Waals surface area contributed by atoms with Crippen LogP contribution in [0.15, 0.2) is 18.3 Å². The van der Waals surface area contributed by atoms with Crippen LogP contribution in [0.3, 0.4) is 0 Å². The smallest absolute Gasteiger partial charge is 0.350 e. The molecule has 132 valence electrons. The van der Waals surface area contributed by atoms with Crippen LogP contribution in [0, 0.1) is 5.41 Å². The second-order valence-electron chi connectivity index (χ2n) is 5.67. The number of piperidine rings is 1. The highest BCUT2D eigenvalue weighted by Gasteiger charge is 2.31. The third-order valence-corrected chi connectivity index (χ3v) is 3.81. The monoisotopic (exact) mass is 373 g/mol. The maximum Gasteiger partial charge on any atom is 0.417 e. The number of nitrogens with one attached hydrogen (secondary N) is 2. The van der Waals surface area contributed by atoms with Gasteiger partial charge in [0.2, 0.25) is 0 Å². The van der Waals surface area contributed by atoms with E-state index in [0.29, 0.717) is 12.7 Å². The molecule has 9 heteroatoms. The number of carbonyl (C=O) groups excluding carboxylic acids is 1. The highest BCUT2D eigenvalue weighted by molar-refractivity contribution is 5.92. The van der Waals surface area contributed by atoms with E-state index >= 15 is 0 Å². The van der Waals surface area contributed by atoms with E-state index in [1.807, 2.05) is 0 Å². The molecule has 0 aromatic carbocycles. The summed E-state index contributed by atoms with van der Waals surface area (Å²) in [7, 11) is 0. The molecular weight excluding hydrogens is 354 g/mol. The first-order chi connectivity index (χ1) is 9.80. The Balaban J connectivity index is 0.00000242. The molecule has 1 saturated heterocycles. The van der Waals surface area contributed by atoms with E-state index < -0.39 is 17.6 Å². The predicted octanol–water partition coefficient (Wildman–Crippen LogP) is 3.06. The fourth-order valence-electron chi connectivity index (χ4n) is 2.29. The van der Waals surface area contributed by atoms with Gasteiger partial charge in [0.05, 0.1) is 5.56 Å². The van der Waals surface area contributed by atoms with Gasteiger partial charge in [-0.2, -0.15) is 13.2 Å². The van der Waals surface area contributed by atoms with Gasteiger partial charge in [-0.05, 0) is 43.5 Å². The molecule has 1 aromatic heterocycles. The van der Waals surface area contributed by atoms with Gasteiger partial charge in [-0.15, -0.1) is 24.8 Å². The largest absolute Gasteiger partial charge is 0.417 e. The van der Waals surface area contributed by atoms with E-state index in [1.54, 1.807) is 0 Å². The topological polar surface area (TPSA) is 54.0 Å². The Labute approximate surface area is 145 Å². The Hall–Kier alpha value is -1.05. The molecule has 0 aliphatic carbocycles. The van der Waals surface area contributed by atoms with Gasteiger partial charge in [0.1, 0.15) is 5.69 Å². The van der Waals surface area contributed by atoms with Gasteiger partial charge < -0.3 is 10.6 Å². The standard InChI is InChI=1S/C14H18F3N3O.2ClH/c1-13(4-6-18-7-5-13)9-20-12(21)11-3-2-10(8-19-11)14(15,16)17;;/h2-3,8,18H,4-7,9H2,1H3,(H,20,21);2*1H. The van der Waals surface area contributed by atoms with Crippen LogP contribution < -0.4 is 10.6 Å². The van der Waals surface area contributed by atoms with Crippen LogP contribution in [0.4, 0.5) is 13.2 Å². The number of halogens is 5. The zero-order chi connectivity index (χ0) is 15.5. The lowest BCUT2D eigenvalue weighted by Crippen LogP contribution is -2.43. The van der Waals surface area contributed by atoms with Gasteiger partial charge in [-0.1, -0.05) is 6.92 Å². The van der Waals surface area contributed by atoms with E-state index in [0.717, 1.165) is 38.1 Å². The van der Waals surface area contributed by atoms with Crippen molar-refractivity contribution in [3.63, 3.8) is 0 Å². The summed E-state index contributed by atoms with van der Waals surface area (Å²) < 4.78 is 37.2. The highest BCUT2D eigenvalue weighted by atomic mass is 35.5.